The summed E-state index contributed by atoms with van der Waals surface area (Å²) >= 11 is 5.94. The number of rotatable bonds is 6. The van der Waals surface area contributed by atoms with Crippen LogP contribution in [0.5, 0.6) is 5.75 Å². The van der Waals surface area contributed by atoms with Crippen molar-refractivity contribution < 1.29 is 4.74 Å². The van der Waals surface area contributed by atoms with Gasteiger partial charge in [0.2, 0.25) is 0 Å². The van der Waals surface area contributed by atoms with Crippen LogP contribution in [0.25, 0.3) is 23.1 Å². The SMILES string of the molecule is CCN(CC)c1nc(/C=C\c2ccc(Cl)cc2)nc2ccc(OC)cc12. The largest absolute Gasteiger partial charge is 0.497 e. The number of anilines is 1. The second-order valence-corrected chi connectivity index (χ2v) is 6.28. The van der Waals surface area contributed by atoms with Crippen LogP contribution in [0.4, 0.5) is 5.82 Å². The number of hydrogen-bond acceptors (Lipinski definition) is 4. The predicted molar refractivity (Wildman–Crippen MR) is 110 cm³/mol. The molecule has 1 heterocycles. The lowest BCUT2D eigenvalue weighted by Gasteiger charge is -2.22. The Balaban J connectivity index is 2.07. The quantitative estimate of drug-likeness (QED) is 0.591. The summed E-state index contributed by atoms with van der Waals surface area (Å²) in [4.78, 5) is 11.7. The summed E-state index contributed by atoms with van der Waals surface area (Å²) in [6.45, 7) is 6.00. The number of nitrogens with zero attached hydrogens (tertiary/aromatic N) is 3. The van der Waals surface area contributed by atoms with Crippen LogP contribution in [0.1, 0.15) is 25.2 Å². The van der Waals surface area contributed by atoms with Crippen LogP contribution >= 0.6 is 11.6 Å². The van der Waals surface area contributed by atoms with Gasteiger partial charge < -0.3 is 9.64 Å². The molecule has 0 atom stereocenters. The fraction of sp³-hybridized carbons (Fsp3) is 0.238. The Morgan fingerprint density at radius 2 is 1.73 bits per heavy atom. The third-order valence-electron chi connectivity index (χ3n) is 4.26. The zero-order valence-electron chi connectivity index (χ0n) is 15.2. The molecule has 0 N–H and O–H groups in total. The summed E-state index contributed by atoms with van der Waals surface area (Å²) in [5.74, 6) is 2.41. The highest BCUT2D eigenvalue weighted by Gasteiger charge is 2.12. The smallest absolute Gasteiger partial charge is 0.154 e. The van der Waals surface area contributed by atoms with E-state index in [2.05, 4.69) is 23.7 Å². The molecule has 134 valence electrons. The molecular weight excluding hydrogens is 346 g/mol. The molecule has 0 saturated carbocycles. The zero-order chi connectivity index (χ0) is 18.5. The fourth-order valence-electron chi connectivity index (χ4n) is 2.82. The van der Waals surface area contributed by atoms with E-state index in [1.807, 2.05) is 54.6 Å². The third-order valence-corrected chi connectivity index (χ3v) is 4.51. The summed E-state index contributed by atoms with van der Waals surface area (Å²) in [7, 11) is 1.67. The minimum Gasteiger partial charge on any atom is -0.497 e. The second kappa shape index (κ2) is 8.19. The molecule has 0 spiro atoms. The molecule has 3 rings (SSSR count). The summed E-state index contributed by atoms with van der Waals surface area (Å²) in [5, 5.41) is 1.72. The molecule has 3 aromatic rings. The molecule has 5 heteroatoms. The predicted octanol–water partition coefficient (Wildman–Crippen LogP) is 5.31. The van der Waals surface area contributed by atoms with Gasteiger partial charge in [-0.1, -0.05) is 29.8 Å². The van der Waals surface area contributed by atoms with Crippen LogP contribution in [0, 0.1) is 0 Å². The first-order chi connectivity index (χ1) is 12.6. The maximum atomic E-state index is 5.94. The van der Waals surface area contributed by atoms with Gasteiger partial charge in [-0.2, -0.15) is 0 Å². The van der Waals surface area contributed by atoms with Gasteiger partial charge in [-0.3, -0.25) is 0 Å². The molecule has 0 bridgehead atoms. The van der Waals surface area contributed by atoms with Crippen molar-refractivity contribution in [2.75, 3.05) is 25.1 Å². The van der Waals surface area contributed by atoms with E-state index in [4.69, 9.17) is 21.3 Å². The molecule has 26 heavy (non-hydrogen) atoms. The van der Waals surface area contributed by atoms with Crippen LogP contribution in [-0.2, 0) is 0 Å². The molecule has 0 radical (unpaired) electrons. The summed E-state index contributed by atoms with van der Waals surface area (Å²) in [5.41, 5.74) is 1.95. The molecule has 0 aliphatic carbocycles. The number of ether oxygens (including phenoxy) is 1. The first-order valence-electron chi connectivity index (χ1n) is 8.69. The summed E-state index contributed by atoms with van der Waals surface area (Å²) < 4.78 is 5.37. The van der Waals surface area contributed by atoms with Gasteiger partial charge in [0, 0.05) is 23.5 Å². The van der Waals surface area contributed by atoms with E-state index in [1.54, 1.807) is 7.11 Å². The van der Waals surface area contributed by atoms with Gasteiger partial charge >= 0.3 is 0 Å². The number of aromatic nitrogens is 2. The highest BCUT2D eigenvalue weighted by Crippen LogP contribution is 2.28. The van der Waals surface area contributed by atoms with E-state index in [9.17, 15) is 0 Å². The summed E-state index contributed by atoms with van der Waals surface area (Å²) in [6.07, 6.45) is 3.92. The van der Waals surface area contributed by atoms with Gasteiger partial charge in [0.05, 0.1) is 12.6 Å². The average molecular weight is 368 g/mol. The van der Waals surface area contributed by atoms with Crippen molar-refractivity contribution in [3.05, 3.63) is 58.9 Å². The Labute approximate surface area is 159 Å². The lowest BCUT2D eigenvalue weighted by Crippen LogP contribution is -2.23. The maximum Gasteiger partial charge on any atom is 0.154 e. The Morgan fingerprint density at radius 3 is 2.38 bits per heavy atom. The van der Waals surface area contributed by atoms with Gasteiger partial charge in [-0.15, -0.1) is 0 Å². The lowest BCUT2D eigenvalue weighted by molar-refractivity contribution is 0.415. The van der Waals surface area contributed by atoms with Gasteiger partial charge in [-0.05, 0) is 55.8 Å². The molecule has 0 unspecified atom stereocenters. The molecule has 0 fully saturated rings. The van der Waals surface area contributed by atoms with Crippen molar-refractivity contribution in [1.82, 2.24) is 9.97 Å². The van der Waals surface area contributed by atoms with Crippen molar-refractivity contribution in [2.24, 2.45) is 0 Å². The van der Waals surface area contributed by atoms with Gasteiger partial charge in [0.15, 0.2) is 5.82 Å². The van der Waals surface area contributed by atoms with E-state index in [0.29, 0.717) is 5.82 Å². The second-order valence-electron chi connectivity index (χ2n) is 5.85. The third kappa shape index (κ3) is 3.97. The first-order valence-corrected chi connectivity index (χ1v) is 9.06. The number of hydrogen-bond donors (Lipinski definition) is 0. The number of fused-ring (bicyclic) bond motifs is 1. The van der Waals surface area contributed by atoms with E-state index in [0.717, 1.165) is 46.1 Å². The molecule has 0 amide bonds. The molecule has 0 aliphatic heterocycles. The lowest BCUT2D eigenvalue weighted by atomic mass is 10.2. The van der Waals surface area contributed by atoms with Crippen LogP contribution in [0.3, 0.4) is 0 Å². The summed E-state index contributed by atoms with van der Waals surface area (Å²) in [6, 6.07) is 13.6. The van der Waals surface area contributed by atoms with Crippen LogP contribution < -0.4 is 9.64 Å². The van der Waals surface area contributed by atoms with Crippen molar-refractivity contribution in [3.63, 3.8) is 0 Å². The number of halogens is 1. The van der Waals surface area contributed by atoms with Crippen molar-refractivity contribution in [3.8, 4) is 5.75 Å². The Morgan fingerprint density at radius 1 is 1.00 bits per heavy atom. The molecule has 2 aromatic carbocycles. The van der Waals surface area contributed by atoms with Crippen LogP contribution in [0.15, 0.2) is 42.5 Å². The zero-order valence-corrected chi connectivity index (χ0v) is 16.0. The Hall–Kier alpha value is -2.59. The molecule has 4 nitrogen and oxygen atoms in total. The number of benzene rings is 2. The maximum absolute atomic E-state index is 5.94. The topological polar surface area (TPSA) is 38.2 Å². The molecule has 0 aliphatic rings. The monoisotopic (exact) mass is 367 g/mol. The van der Waals surface area contributed by atoms with Crippen LogP contribution in [0.2, 0.25) is 5.02 Å². The minimum absolute atomic E-state index is 0.680. The Kier molecular flexibility index (Phi) is 5.74. The molecule has 1 aromatic heterocycles. The molecule has 0 saturated heterocycles. The van der Waals surface area contributed by atoms with Gasteiger partial charge in [-0.25, -0.2) is 9.97 Å². The van der Waals surface area contributed by atoms with Crippen LogP contribution in [-0.4, -0.2) is 30.2 Å². The normalized spacial score (nSPS) is 11.2. The van der Waals surface area contributed by atoms with Crippen molar-refractivity contribution >= 4 is 40.5 Å². The first kappa shape index (κ1) is 18.2. The van der Waals surface area contributed by atoms with E-state index in [-0.39, 0.29) is 0 Å². The van der Waals surface area contributed by atoms with Crippen molar-refractivity contribution in [1.29, 1.82) is 0 Å². The number of methoxy groups -OCH3 is 1. The van der Waals surface area contributed by atoms with E-state index < -0.39 is 0 Å². The van der Waals surface area contributed by atoms with E-state index >= 15 is 0 Å². The van der Waals surface area contributed by atoms with E-state index in [1.165, 1.54) is 0 Å². The Bertz CT molecular complexity index is 918. The average Bonchev–Trinajstić information content (AvgIpc) is 2.68. The van der Waals surface area contributed by atoms with Gasteiger partial charge in [0.25, 0.3) is 0 Å². The molecular formula is C21H22ClN3O. The standard InChI is InChI=1S/C21H22ClN3O/c1-4-25(5-2)21-18-14-17(26-3)11-12-19(18)23-20(24-21)13-8-15-6-9-16(22)10-7-15/h6-14H,4-5H2,1-3H3/b13-8-. The van der Waals surface area contributed by atoms with Gasteiger partial charge in [0.1, 0.15) is 11.6 Å². The fourth-order valence-corrected chi connectivity index (χ4v) is 2.95. The van der Waals surface area contributed by atoms with Crippen molar-refractivity contribution in [2.45, 2.75) is 13.8 Å². The highest BCUT2D eigenvalue weighted by atomic mass is 35.5. The highest BCUT2D eigenvalue weighted by molar-refractivity contribution is 6.30. The minimum atomic E-state index is 0.680.